The van der Waals surface area contributed by atoms with Crippen molar-refractivity contribution in [1.82, 2.24) is 15.2 Å². The van der Waals surface area contributed by atoms with Crippen LogP contribution in [-0.2, 0) is 6.42 Å². The molecular weight excluding hydrogens is 260 g/mol. The fourth-order valence-electron chi connectivity index (χ4n) is 3.06. The van der Waals surface area contributed by atoms with E-state index in [9.17, 15) is 0 Å². The van der Waals surface area contributed by atoms with E-state index in [0.717, 1.165) is 49.5 Å². The number of nitrogens with one attached hydrogen (secondary N) is 1. The molecule has 2 heterocycles. The molecule has 0 spiro atoms. The van der Waals surface area contributed by atoms with Crippen LogP contribution in [0.2, 0.25) is 0 Å². The summed E-state index contributed by atoms with van der Waals surface area (Å²) in [6.07, 6.45) is 5.39. The highest BCUT2D eigenvalue weighted by molar-refractivity contribution is 5.80. The molecule has 2 rings (SSSR count). The molecule has 0 aromatic carbocycles. The van der Waals surface area contributed by atoms with Gasteiger partial charge in [0.2, 0.25) is 0 Å². The molecule has 4 nitrogen and oxygen atoms in total. The quantitative estimate of drug-likeness (QED) is 0.669. The second-order valence-corrected chi connectivity index (χ2v) is 6.28. The number of guanidine groups is 1. The second kappa shape index (κ2) is 8.01. The molecule has 0 aliphatic carbocycles. The van der Waals surface area contributed by atoms with Crippen LogP contribution in [0, 0.1) is 11.8 Å². The Hall–Kier alpha value is -1.58. The van der Waals surface area contributed by atoms with Crippen molar-refractivity contribution >= 4 is 5.96 Å². The van der Waals surface area contributed by atoms with E-state index >= 15 is 0 Å². The van der Waals surface area contributed by atoms with Crippen LogP contribution < -0.4 is 5.32 Å². The van der Waals surface area contributed by atoms with Crippen LogP contribution in [0.1, 0.15) is 32.4 Å². The Labute approximate surface area is 128 Å². The summed E-state index contributed by atoms with van der Waals surface area (Å²) in [6.45, 7) is 7.77. The van der Waals surface area contributed by atoms with Gasteiger partial charge in [0, 0.05) is 45.0 Å². The maximum absolute atomic E-state index is 4.43. The number of rotatable bonds is 5. The third-order valence-electron chi connectivity index (χ3n) is 3.99. The van der Waals surface area contributed by atoms with Gasteiger partial charge in [0.15, 0.2) is 5.96 Å². The predicted octanol–water partition coefficient (Wildman–Crippen LogP) is 2.57. The first-order valence-electron chi connectivity index (χ1n) is 8.04. The molecule has 116 valence electrons. The van der Waals surface area contributed by atoms with Gasteiger partial charge in [-0.05, 0) is 36.8 Å². The first kappa shape index (κ1) is 15.8. The van der Waals surface area contributed by atoms with E-state index in [-0.39, 0.29) is 0 Å². The number of likely N-dealkylation sites (tertiary alicyclic amines) is 1. The number of hydrogen-bond acceptors (Lipinski definition) is 2. The van der Waals surface area contributed by atoms with Crippen molar-refractivity contribution in [2.45, 2.75) is 33.1 Å². The molecule has 0 radical (unpaired) electrons. The maximum Gasteiger partial charge on any atom is 0.193 e. The number of hydrogen-bond donors (Lipinski definition) is 1. The summed E-state index contributed by atoms with van der Waals surface area (Å²) in [6, 6.07) is 6.06. The molecule has 1 saturated heterocycles. The fraction of sp³-hybridized carbons (Fsp3) is 0.647. The van der Waals surface area contributed by atoms with Crippen molar-refractivity contribution in [2.24, 2.45) is 16.8 Å². The van der Waals surface area contributed by atoms with Gasteiger partial charge in [0.05, 0.1) is 0 Å². The zero-order chi connectivity index (χ0) is 15.1. The molecule has 0 bridgehead atoms. The molecule has 4 heteroatoms. The number of aromatic nitrogens is 1. The molecule has 1 aromatic heterocycles. The predicted molar refractivity (Wildman–Crippen MR) is 88.4 cm³/mol. The highest BCUT2D eigenvalue weighted by Gasteiger charge is 2.25. The molecule has 1 aliphatic rings. The minimum Gasteiger partial charge on any atom is -0.356 e. The Morgan fingerprint density at radius 3 is 3.00 bits per heavy atom. The maximum atomic E-state index is 4.43. The normalized spacial score (nSPS) is 19.3. The lowest BCUT2D eigenvalue weighted by atomic mass is 9.97. The topological polar surface area (TPSA) is 40.5 Å². The van der Waals surface area contributed by atoms with Crippen molar-refractivity contribution in [3.05, 3.63) is 30.1 Å². The lowest BCUT2D eigenvalue weighted by Crippen LogP contribution is -2.41. The van der Waals surface area contributed by atoms with E-state index in [1.165, 1.54) is 12.8 Å². The molecule has 1 unspecified atom stereocenters. The Kier molecular flexibility index (Phi) is 6.03. The molecular formula is C17H28N4. The van der Waals surface area contributed by atoms with Crippen LogP contribution in [0.3, 0.4) is 0 Å². The van der Waals surface area contributed by atoms with Gasteiger partial charge in [-0.1, -0.05) is 19.9 Å². The van der Waals surface area contributed by atoms with Crippen molar-refractivity contribution in [3.8, 4) is 0 Å². The van der Waals surface area contributed by atoms with Crippen LogP contribution in [0.4, 0.5) is 0 Å². The summed E-state index contributed by atoms with van der Waals surface area (Å²) in [7, 11) is 1.87. The lowest BCUT2D eigenvalue weighted by Gasteiger charge is -2.22. The molecule has 1 aromatic rings. The molecule has 1 atom stereocenters. The van der Waals surface area contributed by atoms with E-state index in [4.69, 9.17) is 0 Å². The van der Waals surface area contributed by atoms with E-state index in [0.29, 0.717) is 0 Å². The average molecular weight is 288 g/mol. The molecule has 1 fully saturated rings. The van der Waals surface area contributed by atoms with Gasteiger partial charge < -0.3 is 10.2 Å². The van der Waals surface area contributed by atoms with Gasteiger partial charge in [0.25, 0.3) is 0 Å². The minimum atomic E-state index is 0.786. The Balaban J connectivity index is 1.76. The monoisotopic (exact) mass is 288 g/mol. The van der Waals surface area contributed by atoms with Gasteiger partial charge in [-0.3, -0.25) is 9.98 Å². The van der Waals surface area contributed by atoms with E-state index in [1.807, 2.05) is 25.4 Å². The van der Waals surface area contributed by atoms with Crippen LogP contribution in [0.25, 0.3) is 0 Å². The summed E-state index contributed by atoms with van der Waals surface area (Å²) in [4.78, 5) is 11.2. The first-order chi connectivity index (χ1) is 10.2. The summed E-state index contributed by atoms with van der Waals surface area (Å²) >= 11 is 0. The van der Waals surface area contributed by atoms with Crippen LogP contribution >= 0.6 is 0 Å². The van der Waals surface area contributed by atoms with Gasteiger partial charge in [-0.2, -0.15) is 0 Å². The first-order valence-corrected chi connectivity index (χ1v) is 8.04. The fourth-order valence-corrected chi connectivity index (χ4v) is 3.06. The van der Waals surface area contributed by atoms with E-state index < -0.39 is 0 Å². The lowest BCUT2D eigenvalue weighted by molar-refractivity contribution is 0.403. The SMILES string of the molecule is CN=C(NCCc1ccccn1)N1CCC(CC(C)C)C1. The summed E-state index contributed by atoms with van der Waals surface area (Å²) < 4.78 is 0. The van der Waals surface area contributed by atoms with Gasteiger partial charge >= 0.3 is 0 Å². The smallest absolute Gasteiger partial charge is 0.193 e. The van der Waals surface area contributed by atoms with Crippen molar-refractivity contribution in [1.29, 1.82) is 0 Å². The van der Waals surface area contributed by atoms with Crippen molar-refractivity contribution < 1.29 is 0 Å². The zero-order valence-electron chi connectivity index (χ0n) is 13.5. The molecule has 21 heavy (non-hydrogen) atoms. The third-order valence-corrected chi connectivity index (χ3v) is 3.99. The largest absolute Gasteiger partial charge is 0.356 e. The second-order valence-electron chi connectivity index (χ2n) is 6.28. The number of aliphatic imine (C=N–C) groups is 1. The highest BCUT2D eigenvalue weighted by Crippen LogP contribution is 2.23. The minimum absolute atomic E-state index is 0.786. The number of pyridine rings is 1. The van der Waals surface area contributed by atoms with Crippen LogP contribution in [-0.4, -0.2) is 42.5 Å². The Morgan fingerprint density at radius 1 is 1.48 bits per heavy atom. The standard InChI is InChI=1S/C17H28N4/c1-14(2)12-15-8-11-21(13-15)17(18-3)20-10-7-16-6-4-5-9-19-16/h4-6,9,14-15H,7-8,10-13H2,1-3H3,(H,18,20). The zero-order valence-corrected chi connectivity index (χ0v) is 13.5. The molecule has 1 aliphatic heterocycles. The van der Waals surface area contributed by atoms with Crippen molar-refractivity contribution in [2.75, 3.05) is 26.7 Å². The summed E-state index contributed by atoms with van der Waals surface area (Å²) in [5, 5.41) is 3.47. The molecule has 0 amide bonds. The summed E-state index contributed by atoms with van der Waals surface area (Å²) in [5.41, 5.74) is 1.12. The van der Waals surface area contributed by atoms with Crippen LogP contribution in [0.15, 0.2) is 29.4 Å². The van der Waals surface area contributed by atoms with Gasteiger partial charge in [0.1, 0.15) is 0 Å². The van der Waals surface area contributed by atoms with Gasteiger partial charge in [-0.15, -0.1) is 0 Å². The average Bonchev–Trinajstić information content (AvgIpc) is 2.92. The summed E-state index contributed by atoms with van der Waals surface area (Å²) in [5.74, 6) is 2.64. The Morgan fingerprint density at radius 2 is 2.33 bits per heavy atom. The third kappa shape index (κ3) is 5.03. The molecule has 1 N–H and O–H groups in total. The van der Waals surface area contributed by atoms with Gasteiger partial charge in [-0.25, -0.2) is 0 Å². The van der Waals surface area contributed by atoms with E-state index in [1.54, 1.807) is 0 Å². The van der Waals surface area contributed by atoms with E-state index in [2.05, 4.69) is 40.1 Å². The highest BCUT2D eigenvalue weighted by atomic mass is 15.3. The molecule has 0 saturated carbocycles. The van der Waals surface area contributed by atoms with Crippen molar-refractivity contribution in [3.63, 3.8) is 0 Å². The van der Waals surface area contributed by atoms with Crippen LogP contribution in [0.5, 0.6) is 0 Å². The Bertz CT molecular complexity index is 441. The number of nitrogens with zero attached hydrogens (tertiary/aromatic N) is 3.